The predicted molar refractivity (Wildman–Crippen MR) is 96.9 cm³/mol. The summed E-state index contributed by atoms with van der Waals surface area (Å²) in [7, 11) is 0. The van der Waals surface area contributed by atoms with Crippen LogP contribution in [0.25, 0.3) is 0 Å². The van der Waals surface area contributed by atoms with Crippen LogP contribution in [0.1, 0.15) is 59.8 Å². The Kier molecular flexibility index (Phi) is 5.17. The molecule has 2 heterocycles. The average molecular weight is 321 g/mol. The molecular formula is C19H36N4. The van der Waals surface area contributed by atoms with Gasteiger partial charge in [-0.25, -0.2) is 0 Å². The molecule has 132 valence electrons. The van der Waals surface area contributed by atoms with Crippen molar-refractivity contribution >= 4 is 0 Å². The van der Waals surface area contributed by atoms with Gasteiger partial charge in [-0.2, -0.15) is 0 Å². The number of nitrogens with two attached hydrogens (primary N) is 2. The maximum absolute atomic E-state index is 6.06. The van der Waals surface area contributed by atoms with Crippen LogP contribution in [0.5, 0.6) is 0 Å². The largest absolute Gasteiger partial charge is 0.328 e. The van der Waals surface area contributed by atoms with Crippen LogP contribution >= 0.6 is 0 Å². The lowest BCUT2D eigenvalue weighted by atomic mass is 9.77. The van der Waals surface area contributed by atoms with Crippen molar-refractivity contribution in [3.63, 3.8) is 0 Å². The highest BCUT2D eigenvalue weighted by Crippen LogP contribution is 2.43. The third kappa shape index (κ3) is 3.65. The summed E-state index contributed by atoms with van der Waals surface area (Å²) >= 11 is 0. The van der Waals surface area contributed by atoms with E-state index in [-0.39, 0.29) is 12.1 Å². The molecule has 2 aliphatic heterocycles. The molecule has 0 saturated carbocycles. The van der Waals surface area contributed by atoms with Crippen LogP contribution < -0.4 is 16.8 Å². The first-order valence-electron chi connectivity index (χ1n) is 9.60. The minimum absolute atomic E-state index is 0.256. The first-order chi connectivity index (χ1) is 10.8. The Morgan fingerprint density at radius 3 is 2.35 bits per heavy atom. The quantitative estimate of drug-likeness (QED) is 0.656. The number of rotatable bonds is 6. The fraction of sp³-hybridized carbons (Fsp3) is 0.895. The van der Waals surface area contributed by atoms with E-state index in [9.17, 15) is 0 Å². The van der Waals surface area contributed by atoms with Crippen LogP contribution in [-0.2, 0) is 0 Å². The molecule has 5 N–H and O–H groups in total. The lowest BCUT2D eigenvalue weighted by molar-refractivity contribution is 0.124. The summed E-state index contributed by atoms with van der Waals surface area (Å²) < 4.78 is 0. The topological polar surface area (TPSA) is 67.3 Å². The first kappa shape index (κ1) is 17.4. The molecule has 1 aliphatic carbocycles. The van der Waals surface area contributed by atoms with Gasteiger partial charge in [0.05, 0.1) is 6.17 Å². The molecule has 0 radical (unpaired) electrons. The van der Waals surface area contributed by atoms with Crippen LogP contribution in [-0.4, -0.2) is 41.3 Å². The van der Waals surface area contributed by atoms with E-state index in [1.54, 1.807) is 5.57 Å². The maximum Gasteiger partial charge on any atom is 0.0636 e. The Morgan fingerprint density at radius 2 is 1.78 bits per heavy atom. The summed E-state index contributed by atoms with van der Waals surface area (Å²) in [5.74, 6) is 1.43. The van der Waals surface area contributed by atoms with Gasteiger partial charge < -0.3 is 11.5 Å². The molecule has 3 aliphatic rings. The van der Waals surface area contributed by atoms with Crippen molar-refractivity contribution in [2.24, 2.45) is 23.3 Å². The zero-order valence-corrected chi connectivity index (χ0v) is 15.3. The summed E-state index contributed by atoms with van der Waals surface area (Å²) in [6.07, 6.45) is 9.17. The van der Waals surface area contributed by atoms with Gasteiger partial charge in [-0.05, 0) is 71.6 Å². The fourth-order valence-corrected chi connectivity index (χ4v) is 5.25. The van der Waals surface area contributed by atoms with E-state index in [2.05, 4.69) is 44.0 Å². The highest BCUT2D eigenvalue weighted by Gasteiger charge is 2.47. The van der Waals surface area contributed by atoms with Crippen LogP contribution in [0.15, 0.2) is 11.6 Å². The van der Waals surface area contributed by atoms with Gasteiger partial charge in [0.1, 0.15) is 0 Å². The van der Waals surface area contributed by atoms with Crippen molar-refractivity contribution in [1.82, 2.24) is 10.2 Å². The highest BCUT2D eigenvalue weighted by atomic mass is 15.4. The smallest absolute Gasteiger partial charge is 0.0636 e. The fourth-order valence-electron chi connectivity index (χ4n) is 5.25. The molecule has 0 amide bonds. The molecule has 6 unspecified atom stereocenters. The van der Waals surface area contributed by atoms with Gasteiger partial charge in [0, 0.05) is 30.2 Å². The summed E-state index contributed by atoms with van der Waals surface area (Å²) in [6, 6.07) is 2.51. The van der Waals surface area contributed by atoms with Crippen LogP contribution in [0.3, 0.4) is 0 Å². The normalized spacial score (nSPS) is 41.1. The standard InChI is InChI=1S/C19H36N4/c1-11(20)5-15(6-12(2)21)16-9-18(10-16)23-14(4)8-17-7-13(3)22-19(17)23/h9,11-15,17-19,22H,5-8,10,20-21H2,1-4H3/t11?,12?,13?,14?,15?,17?,18-,19?/m1/s1. The monoisotopic (exact) mass is 320 g/mol. The minimum atomic E-state index is 0.256. The van der Waals surface area contributed by atoms with Gasteiger partial charge in [0.25, 0.3) is 0 Å². The van der Waals surface area contributed by atoms with Crippen LogP contribution in [0, 0.1) is 11.8 Å². The lowest BCUT2D eigenvalue weighted by Crippen LogP contribution is -2.52. The van der Waals surface area contributed by atoms with Crippen LogP contribution in [0.4, 0.5) is 0 Å². The molecule has 7 atom stereocenters. The molecule has 2 saturated heterocycles. The number of fused-ring (bicyclic) bond motifs is 1. The van der Waals surface area contributed by atoms with E-state index in [0.717, 1.165) is 18.8 Å². The molecule has 0 aromatic heterocycles. The van der Waals surface area contributed by atoms with Crippen molar-refractivity contribution in [2.45, 2.75) is 96.2 Å². The number of nitrogens with one attached hydrogen (secondary N) is 1. The van der Waals surface area contributed by atoms with E-state index >= 15 is 0 Å². The molecule has 4 heteroatoms. The number of hydrogen-bond acceptors (Lipinski definition) is 4. The van der Waals surface area contributed by atoms with E-state index < -0.39 is 0 Å². The predicted octanol–water partition coefficient (Wildman–Crippen LogP) is 2.19. The van der Waals surface area contributed by atoms with Gasteiger partial charge in [-0.3, -0.25) is 10.2 Å². The molecular weight excluding hydrogens is 284 g/mol. The third-order valence-corrected chi connectivity index (χ3v) is 6.10. The Morgan fingerprint density at radius 1 is 1.17 bits per heavy atom. The van der Waals surface area contributed by atoms with Crippen molar-refractivity contribution in [3.8, 4) is 0 Å². The maximum atomic E-state index is 6.06. The lowest BCUT2D eigenvalue weighted by Gasteiger charge is -2.42. The SMILES string of the molecule is CC(N)CC(CC(C)N)C1=C[C@@H](N2C(C)CC3CC(C)NC32)C1. The zero-order valence-electron chi connectivity index (χ0n) is 15.3. The number of likely N-dealkylation sites (tertiary alicyclic amines) is 1. The molecule has 0 aromatic carbocycles. The van der Waals surface area contributed by atoms with Gasteiger partial charge in [0.15, 0.2) is 0 Å². The van der Waals surface area contributed by atoms with Crippen LogP contribution in [0.2, 0.25) is 0 Å². The summed E-state index contributed by atoms with van der Waals surface area (Å²) in [5.41, 5.74) is 13.7. The highest BCUT2D eigenvalue weighted by molar-refractivity contribution is 5.26. The molecule has 23 heavy (non-hydrogen) atoms. The number of hydrogen-bond donors (Lipinski definition) is 3. The Hall–Kier alpha value is -0.420. The summed E-state index contributed by atoms with van der Waals surface area (Å²) in [6.45, 7) is 8.95. The summed E-state index contributed by atoms with van der Waals surface area (Å²) in [5, 5.41) is 3.81. The minimum Gasteiger partial charge on any atom is -0.328 e. The average Bonchev–Trinajstić information content (AvgIpc) is 2.83. The first-order valence-corrected chi connectivity index (χ1v) is 9.60. The van der Waals surface area contributed by atoms with Gasteiger partial charge in [0.2, 0.25) is 0 Å². The third-order valence-electron chi connectivity index (χ3n) is 6.10. The van der Waals surface area contributed by atoms with E-state index in [1.807, 2.05) is 0 Å². The molecule has 3 rings (SSSR count). The van der Waals surface area contributed by atoms with Crippen molar-refractivity contribution in [3.05, 3.63) is 11.6 Å². The summed E-state index contributed by atoms with van der Waals surface area (Å²) in [4.78, 5) is 2.74. The second kappa shape index (κ2) is 6.83. The second-order valence-electron chi connectivity index (χ2n) is 8.68. The van der Waals surface area contributed by atoms with Crippen molar-refractivity contribution in [1.29, 1.82) is 0 Å². The molecule has 0 bridgehead atoms. The Balaban J connectivity index is 1.65. The molecule has 0 spiro atoms. The van der Waals surface area contributed by atoms with E-state index in [0.29, 0.717) is 30.2 Å². The van der Waals surface area contributed by atoms with Crippen molar-refractivity contribution in [2.75, 3.05) is 0 Å². The zero-order chi connectivity index (χ0) is 16.7. The molecule has 2 fully saturated rings. The van der Waals surface area contributed by atoms with Gasteiger partial charge in [-0.15, -0.1) is 0 Å². The van der Waals surface area contributed by atoms with E-state index in [1.165, 1.54) is 19.3 Å². The second-order valence-corrected chi connectivity index (χ2v) is 8.68. The Labute approximate surface area is 142 Å². The van der Waals surface area contributed by atoms with Gasteiger partial charge >= 0.3 is 0 Å². The molecule has 4 nitrogen and oxygen atoms in total. The van der Waals surface area contributed by atoms with Crippen molar-refractivity contribution < 1.29 is 0 Å². The van der Waals surface area contributed by atoms with E-state index in [4.69, 9.17) is 11.5 Å². The number of nitrogens with zero attached hydrogens (tertiary/aromatic N) is 1. The molecule has 0 aromatic rings. The Bertz CT molecular complexity index is 435. The van der Waals surface area contributed by atoms with Gasteiger partial charge in [-0.1, -0.05) is 11.6 Å².